The molecule has 0 saturated heterocycles. The van der Waals surface area contributed by atoms with Gasteiger partial charge in [0.25, 0.3) is 0 Å². The molecule has 0 amide bonds. The third-order valence-corrected chi connectivity index (χ3v) is 2.30. The minimum Gasteiger partial charge on any atom is -0.477 e. The summed E-state index contributed by atoms with van der Waals surface area (Å²) in [6.45, 7) is 0. The quantitative estimate of drug-likeness (QED) is 0.803. The summed E-state index contributed by atoms with van der Waals surface area (Å²) in [6.07, 6.45) is 1.58. The van der Waals surface area contributed by atoms with Gasteiger partial charge >= 0.3 is 5.97 Å². The highest BCUT2D eigenvalue weighted by Gasteiger charge is 2.16. The van der Waals surface area contributed by atoms with Crippen molar-refractivity contribution in [1.29, 1.82) is 0 Å². The van der Waals surface area contributed by atoms with Gasteiger partial charge in [0.05, 0.1) is 5.69 Å². The Morgan fingerprint density at radius 1 is 1.43 bits per heavy atom. The maximum atomic E-state index is 10.8. The number of nitrogens with zero attached hydrogens (tertiary/aromatic N) is 3. The van der Waals surface area contributed by atoms with Crippen LogP contribution in [-0.4, -0.2) is 25.6 Å². The van der Waals surface area contributed by atoms with Crippen LogP contribution in [0.4, 0.5) is 0 Å². The number of rotatable bonds is 2. The molecule has 0 aromatic carbocycles. The van der Waals surface area contributed by atoms with E-state index >= 15 is 0 Å². The van der Waals surface area contributed by atoms with Crippen molar-refractivity contribution in [1.82, 2.24) is 14.6 Å². The molecule has 2 heterocycles. The number of aromatic nitrogens is 3. The first-order valence-electron chi connectivity index (χ1n) is 3.76. The van der Waals surface area contributed by atoms with Gasteiger partial charge in [0, 0.05) is 6.20 Å². The van der Waals surface area contributed by atoms with Crippen LogP contribution in [0.25, 0.3) is 11.4 Å². The Morgan fingerprint density at radius 2 is 2.29 bits per heavy atom. The van der Waals surface area contributed by atoms with Gasteiger partial charge in [0.2, 0.25) is 0 Å². The Balaban J connectivity index is 2.52. The van der Waals surface area contributed by atoms with Crippen LogP contribution in [0.1, 0.15) is 9.67 Å². The second kappa shape index (κ2) is 3.51. The monoisotopic (exact) mass is 207 g/mol. The van der Waals surface area contributed by atoms with Gasteiger partial charge in [-0.05, 0) is 23.7 Å². The van der Waals surface area contributed by atoms with Crippen LogP contribution in [0.15, 0.2) is 24.4 Å². The first-order chi connectivity index (χ1) is 6.79. The van der Waals surface area contributed by atoms with Crippen molar-refractivity contribution in [3.05, 3.63) is 29.3 Å². The molecule has 0 aliphatic carbocycles. The minimum absolute atomic E-state index is 0.115. The molecule has 0 fully saturated rings. The fourth-order valence-electron chi connectivity index (χ4n) is 1.00. The van der Waals surface area contributed by atoms with E-state index in [-0.39, 0.29) is 4.88 Å². The SMILES string of the molecule is O=C(O)c1snnc1-c1ccccn1. The molecule has 0 aliphatic rings. The van der Waals surface area contributed by atoms with Crippen LogP contribution in [-0.2, 0) is 0 Å². The first kappa shape index (κ1) is 8.76. The van der Waals surface area contributed by atoms with Gasteiger partial charge < -0.3 is 5.11 Å². The van der Waals surface area contributed by atoms with E-state index in [1.54, 1.807) is 24.4 Å². The van der Waals surface area contributed by atoms with Gasteiger partial charge in [-0.25, -0.2) is 4.79 Å². The van der Waals surface area contributed by atoms with Crippen molar-refractivity contribution in [2.24, 2.45) is 0 Å². The lowest BCUT2D eigenvalue weighted by atomic mass is 10.2. The number of carbonyl (C=O) groups is 1. The summed E-state index contributed by atoms with van der Waals surface area (Å²) < 4.78 is 3.59. The molecule has 0 atom stereocenters. The Morgan fingerprint density at radius 3 is 2.93 bits per heavy atom. The van der Waals surface area contributed by atoms with Crippen LogP contribution in [0.2, 0.25) is 0 Å². The van der Waals surface area contributed by atoms with Crippen LogP contribution >= 0.6 is 11.5 Å². The number of hydrogen-bond acceptors (Lipinski definition) is 5. The van der Waals surface area contributed by atoms with Crippen molar-refractivity contribution < 1.29 is 9.90 Å². The molecule has 0 saturated carbocycles. The van der Waals surface area contributed by atoms with Crippen LogP contribution in [0.3, 0.4) is 0 Å². The molecular weight excluding hydrogens is 202 g/mol. The predicted molar refractivity (Wildman–Crippen MR) is 50.1 cm³/mol. The van der Waals surface area contributed by atoms with Gasteiger partial charge in [-0.3, -0.25) is 4.98 Å². The second-order valence-corrected chi connectivity index (χ2v) is 3.22. The molecule has 0 aliphatic heterocycles. The standard InChI is InChI=1S/C8H5N3O2S/c12-8(13)7-6(10-11-14-7)5-3-1-2-4-9-5/h1-4H,(H,12,13). The molecule has 2 aromatic heterocycles. The van der Waals surface area contributed by atoms with Gasteiger partial charge in [0.15, 0.2) is 4.88 Å². The smallest absolute Gasteiger partial charge is 0.349 e. The van der Waals surface area contributed by atoms with E-state index in [2.05, 4.69) is 14.6 Å². The summed E-state index contributed by atoms with van der Waals surface area (Å²) in [5, 5.41) is 12.6. The molecule has 5 nitrogen and oxygen atoms in total. The Labute approximate surface area is 83.2 Å². The van der Waals surface area contributed by atoms with Crippen LogP contribution in [0, 0.1) is 0 Å². The summed E-state index contributed by atoms with van der Waals surface area (Å²) in [7, 11) is 0. The average Bonchev–Trinajstić information content (AvgIpc) is 2.67. The lowest BCUT2D eigenvalue weighted by Gasteiger charge is -1.94. The summed E-state index contributed by atoms with van der Waals surface area (Å²) in [6, 6.07) is 5.22. The van der Waals surface area contributed by atoms with E-state index in [4.69, 9.17) is 5.11 Å². The fraction of sp³-hybridized carbons (Fsp3) is 0. The van der Waals surface area contributed by atoms with E-state index in [0.29, 0.717) is 11.4 Å². The zero-order valence-electron chi connectivity index (χ0n) is 6.91. The molecule has 0 radical (unpaired) electrons. The first-order valence-corrected chi connectivity index (χ1v) is 4.53. The molecule has 14 heavy (non-hydrogen) atoms. The van der Waals surface area contributed by atoms with E-state index in [9.17, 15) is 4.79 Å². The summed E-state index contributed by atoms with van der Waals surface area (Å²) in [5.41, 5.74) is 0.849. The maximum Gasteiger partial charge on any atom is 0.349 e. The highest BCUT2D eigenvalue weighted by molar-refractivity contribution is 7.08. The average molecular weight is 207 g/mol. The minimum atomic E-state index is -1.03. The van der Waals surface area contributed by atoms with Crippen molar-refractivity contribution in [2.45, 2.75) is 0 Å². The topological polar surface area (TPSA) is 76.0 Å². The second-order valence-electron chi connectivity index (χ2n) is 2.47. The summed E-state index contributed by atoms with van der Waals surface area (Å²) in [5.74, 6) is -1.03. The number of aromatic carboxylic acids is 1. The predicted octanol–water partition coefficient (Wildman–Crippen LogP) is 1.30. The normalized spacial score (nSPS) is 10.0. The van der Waals surface area contributed by atoms with Gasteiger partial charge in [0.1, 0.15) is 5.69 Å². The van der Waals surface area contributed by atoms with Gasteiger partial charge in [-0.1, -0.05) is 10.6 Å². The number of carboxylic acid groups (broad SMARTS) is 1. The molecule has 2 aromatic rings. The zero-order chi connectivity index (χ0) is 9.97. The van der Waals surface area contributed by atoms with Crippen molar-refractivity contribution in [3.8, 4) is 11.4 Å². The van der Waals surface area contributed by atoms with Crippen LogP contribution in [0.5, 0.6) is 0 Å². The highest BCUT2D eigenvalue weighted by atomic mass is 32.1. The lowest BCUT2D eigenvalue weighted by molar-refractivity contribution is 0.0702. The van der Waals surface area contributed by atoms with E-state index < -0.39 is 5.97 Å². The van der Waals surface area contributed by atoms with E-state index in [1.165, 1.54) is 0 Å². The third-order valence-electron chi connectivity index (χ3n) is 1.59. The Bertz CT molecular complexity index is 455. The van der Waals surface area contributed by atoms with Crippen LogP contribution < -0.4 is 0 Å². The van der Waals surface area contributed by atoms with E-state index in [1.807, 2.05) is 0 Å². The summed E-state index contributed by atoms with van der Waals surface area (Å²) in [4.78, 5) is 14.9. The largest absolute Gasteiger partial charge is 0.477 e. The fourth-order valence-corrected chi connectivity index (χ4v) is 1.52. The lowest BCUT2D eigenvalue weighted by Crippen LogP contribution is -1.96. The zero-order valence-corrected chi connectivity index (χ0v) is 7.73. The van der Waals surface area contributed by atoms with E-state index in [0.717, 1.165) is 11.5 Å². The number of carboxylic acids is 1. The Hall–Kier alpha value is -1.82. The third kappa shape index (κ3) is 1.47. The Kier molecular flexibility index (Phi) is 2.19. The van der Waals surface area contributed by atoms with Gasteiger partial charge in [-0.2, -0.15) is 0 Å². The molecule has 0 bridgehead atoms. The maximum absolute atomic E-state index is 10.8. The summed E-state index contributed by atoms with van der Waals surface area (Å²) >= 11 is 0.852. The number of pyridine rings is 1. The highest BCUT2D eigenvalue weighted by Crippen LogP contribution is 2.21. The molecule has 1 N–H and O–H groups in total. The molecule has 6 heteroatoms. The molecule has 2 rings (SSSR count). The number of hydrogen-bond donors (Lipinski definition) is 1. The van der Waals surface area contributed by atoms with Gasteiger partial charge in [-0.15, -0.1) is 5.10 Å². The molecule has 0 unspecified atom stereocenters. The van der Waals surface area contributed by atoms with Crippen molar-refractivity contribution >= 4 is 17.5 Å². The molecular formula is C8H5N3O2S. The molecule has 0 spiro atoms. The van der Waals surface area contributed by atoms with Crippen molar-refractivity contribution in [2.75, 3.05) is 0 Å². The van der Waals surface area contributed by atoms with Crippen molar-refractivity contribution in [3.63, 3.8) is 0 Å². The molecule has 70 valence electrons.